The monoisotopic (exact) mass is 394 g/mol. The maximum Gasteiger partial charge on any atom is 0.311 e. The summed E-state index contributed by atoms with van der Waals surface area (Å²) >= 11 is 3.42. The van der Waals surface area contributed by atoms with Crippen molar-refractivity contribution < 1.29 is 24.1 Å². The van der Waals surface area contributed by atoms with Gasteiger partial charge < -0.3 is 19.3 Å². The van der Waals surface area contributed by atoms with Crippen LogP contribution in [0.25, 0.3) is 0 Å². The van der Waals surface area contributed by atoms with Gasteiger partial charge in [0, 0.05) is 0 Å². The Hall–Kier alpha value is -2.21. The predicted octanol–water partition coefficient (Wildman–Crippen LogP) is 3.89. The Kier molecular flexibility index (Phi) is 6.09. The molecule has 2 rings (SSSR count). The average Bonchev–Trinajstić information content (AvgIpc) is 2.59. The largest absolute Gasteiger partial charge is 0.496 e. The van der Waals surface area contributed by atoms with E-state index in [2.05, 4.69) is 15.9 Å². The van der Waals surface area contributed by atoms with Crippen molar-refractivity contribution in [2.75, 3.05) is 21.3 Å². The molecule has 0 bridgehead atoms. The Morgan fingerprint density at radius 2 is 1.62 bits per heavy atom. The molecule has 2 aromatic carbocycles. The zero-order chi connectivity index (χ0) is 17.7. The summed E-state index contributed by atoms with van der Waals surface area (Å²) in [5, 5.41) is 9.64. The molecular weight excluding hydrogens is 376 g/mol. The van der Waals surface area contributed by atoms with Gasteiger partial charge in [0.1, 0.15) is 5.75 Å². The Morgan fingerprint density at radius 3 is 2.17 bits per heavy atom. The van der Waals surface area contributed by atoms with E-state index in [0.717, 1.165) is 10.0 Å². The molecule has 0 aromatic heterocycles. The van der Waals surface area contributed by atoms with Gasteiger partial charge in [-0.1, -0.05) is 12.1 Å². The molecule has 24 heavy (non-hydrogen) atoms. The van der Waals surface area contributed by atoms with Crippen LogP contribution in [-0.2, 0) is 11.2 Å². The number of hydrogen-bond acceptors (Lipinski definition) is 4. The fourth-order valence-electron chi connectivity index (χ4n) is 2.49. The van der Waals surface area contributed by atoms with Crippen molar-refractivity contribution in [1.29, 1.82) is 0 Å². The molecular formula is C18H19BrO5. The first-order valence-corrected chi connectivity index (χ1v) is 8.06. The Balaban J connectivity index is 2.33. The topological polar surface area (TPSA) is 65.0 Å². The molecule has 6 heteroatoms. The number of carboxylic acids is 1. The zero-order valence-corrected chi connectivity index (χ0v) is 15.3. The molecule has 5 nitrogen and oxygen atoms in total. The quantitative estimate of drug-likeness (QED) is 0.771. The normalized spacial score (nSPS) is 11.7. The molecule has 0 spiro atoms. The number of carbonyl (C=O) groups is 1. The highest BCUT2D eigenvalue weighted by Gasteiger charge is 2.22. The van der Waals surface area contributed by atoms with E-state index in [9.17, 15) is 9.90 Å². The van der Waals surface area contributed by atoms with Gasteiger partial charge in [0.2, 0.25) is 0 Å². The molecule has 128 valence electrons. The van der Waals surface area contributed by atoms with E-state index in [-0.39, 0.29) is 0 Å². The van der Waals surface area contributed by atoms with Crippen LogP contribution in [0.4, 0.5) is 0 Å². The third-order valence-electron chi connectivity index (χ3n) is 3.76. The number of hydrogen-bond donors (Lipinski definition) is 1. The van der Waals surface area contributed by atoms with Gasteiger partial charge in [-0.15, -0.1) is 0 Å². The van der Waals surface area contributed by atoms with Crippen molar-refractivity contribution in [2.24, 2.45) is 0 Å². The minimum Gasteiger partial charge on any atom is -0.496 e. The number of benzene rings is 2. The highest BCUT2D eigenvalue weighted by Crippen LogP contribution is 2.33. The Morgan fingerprint density at radius 1 is 1.00 bits per heavy atom. The second-order valence-electron chi connectivity index (χ2n) is 5.18. The van der Waals surface area contributed by atoms with Crippen molar-refractivity contribution in [3.05, 3.63) is 52.0 Å². The van der Waals surface area contributed by atoms with Crippen LogP contribution in [0.3, 0.4) is 0 Å². The van der Waals surface area contributed by atoms with Crippen LogP contribution in [0.5, 0.6) is 17.2 Å². The fourth-order valence-corrected chi connectivity index (χ4v) is 3.08. The number of halogens is 1. The van der Waals surface area contributed by atoms with Crippen LogP contribution in [0.15, 0.2) is 40.9 Å². The standard InChI is InChI=1S/C18H19BrO5/c1-22-15-6-4-11(9-14(15)19)8-13(18(20)21)12-5-7-16(23-2)17(10-12)24-3/h4-7,9-10,13H,8H2,1-3H3,(H,20,21). The molecule has 0 fully saturated rings. The lowest BCUT2D eigenvalue weighted by molar-refractivity contribution is -0.138. The molecule has 0 aliphatic rings. The van der Waals surface area contributed by atoms with E-state index in [1.54, 1.807) is 32.4 Å². The molecule has 2 aromatic rings. The molecule has 0 amide bonds. The lowest BCUT2D eigenvalue weighted by atomic mass is 9.91. The summed E-state index contributed by atoms with van der Waals surface area (Å²) in [7, 11) is 4.66. The van der Waals surface area contributed by atoms with Crippen LogP contribution < -0.4 is 14.2 Å². The lowest BCUT2D eigenvalue weighted by Crippen LogP contribution is -2.14. The summed E-state index contributed by atoms with van der Waals surface area (Å²) < 4.78 is 16.5. The van der Waals surface area contributed by atoms with Crippen molar-refractivity contribution >= 4 is 21.9 Å². The van der Waals surface area contributed by atoms with Crippen LogP contribution >= 0.6 is 15.9 Å². The Labute approximate surface area is 149 Å². The van der Waals surface area contributed by atoms with Gasteiger partial charge in [-0.05, 0) is 57.7 Å². The highest BCUT2D eigenvalue weighted by molar-refractivity contribution is 9.10. The first kappa shape index (κ1) is 18.1. The molecule has 1 atom stereocenters. The molecule has 0 aliphatic carbocycles. The molecule has 0 saturated carbocycles. The molecule has 1 unspecified atom stereocenters. The number of rotatable bonds is 7. The van der Waals surface area contributed by atoms with Crippen molar-refractivity contribution in [3.8, 4) is 17.2 Å². The third-order valence-corrected chi connectivity index (χ3v) is 4.38. The maximum atomic E-state index is 11.8. The van der Waals surface area contributed by atoms with Gasteiger partial charge in [0.05, 0.1) is 31.7 Å². The average molecular weight is 395 g/mol. The second-order valence-corrected chi connectivity index (χ2v) is 6.03. The molecule has 0 saturated heterocycles. The van der Waals surface area contributed by atoms with Gasteiger partial charge >= 0.3 is 5.97 Å². The van der Waals surface area contributed by atoms with Gasteiger partial charge in [-0.2, -0.15) is 0 Å². The van der Waals surface area contributed by atoms with Gasteiger partial charge in [0.15, 0.2) is 11.5 Å². The minimum atomic E-state index is -0.894. The van der Waals surface area contributed by atoms with Crippen LogP contribution in [0, 0.1) is 0 Å². The van der Waals surface area contributed by atoms with E-state index in [0.29, 0.717) is 29.2 Å². The first-order valence-electron chi connectivity index (χ1n) is 7.27. The molecule has 0 radical (unpaired) electrons. The predicted molar refractivity (Wildman–Crippen MR) is 94.3 cm³/mol. The van der Waals surface area contributed by atoms with Crippen molar-refractivity contribution in [3.63, 3.8) is 0 Å². The molecule has 0 aliphatic heterocycles. The van der Waals surface area contributed by atoms with Gasteiger partial charge in [0.25, 0.3) is 0 Å². The highest BCUT2D eigenvalue weighted by atomic mass is 79.9. The lowest BCUT2D eigenvalue weighted by Gasteiger charge is -2.16. The number of methoxy groups -OCH3 is 3. The number of carboxylic acid groups (broad SMARTS) is 1. The number of ether oxygens (including phenoxy) is 3. The second kappa shape index (κ2) is 8.06. The molecule has 0 heterocycles. The molecule has 1 N–H and O–H groups in total. The summed E-state index contributed by atoms with van der Waals surface area (Å²) in [5.74, 6) is 0.200. The van der Waals surface area contributed by atoms with Crippen molar-refractivity contribution in [1.82, 2.24) is 0 Å². The van der Waals surface area contributed by atoms with E-state index >= 15 is 0 Å². The van der Waals surface area contributed by atoms with Crippen LogP contribution in [0.2, 0.25) is 0 Å². The van der Waals surface area contributed by atoms with E-state index in [1.807, 2.05) is 18.2 Å². The summed E-state index contributed by atoms with van der Waals surface area (Å²) in [4.78, 5) is 11.8. The minimum absolute atomic E-state index is 0.355. The van der Waals surface area contributed by atoms with Crippen LogP contribution in [0.1, 0.15) is 17.0 Å². The summed E-state index contributed by atoms with van der Waals surface area (Å²) in [6.45, 7) is 0. The number of aliphatic carboxylic acids is 1. The summed E-state index contributed by atoms with van der Waals surface area (Å²) in [5.41, 5.74) is 1.55. The fraction of sp³-hybridized carbons (Fsp3) is 0.278. The van der Waals surface area contributed by atoms with Crippen LogP contribution in [-0.4, -0.2) is 32.4 Å². The van der Waals surface area contributed by atoms with Crippen molar-refractivity contribution in [2.45, 2.75) is 12.3 Å². The van der Waals surface area contributed by atoms with E-state index < -0.39 is 11.9 Å². The smallest absolute Gasteiger partial charge is 0.311 e. The summed E-state index contributed by atoms with van der Waals surface area (Å²) in [6.07, 6.45) is 0.355. The summed E-state index contributed by atoms with van der Waals surface area (Å²) in [6, 6.07) is 10.7. The first-order chi connectivity index (χ1) is 11.5. The third kappa shape index (κ3) is 4.00. The zero-order valence-electron chi connectivity index (χ0n) is 13.7. The van der Waals surface area contributed by atoms with E-state index in [1.165, 1.54) is 7.11 Å². The maximum absolute atomic E-state index is 11.8. The SMILES string of the molecule is COc1ccc(CC(C(=O)O)c2ccc(OC)c(OC)c2)cc1Br. The Bertz CT molecular complexity index is 729. The van der Waals surface area contributed by atoms with E-state index in [4.69, 9.17) is 14.2 Å². The van der Waals surface area contributed by atoms with Gasteiger partial charge in [-0.25, -0.2) is 0 Å². The van der Waals surface area contributed by atoms with Gasteiger partial charge in [-0.3, -0.25) is 4.79 Å².